The molecule has 0 aromatic heterocycles. The predicted octanol–water partition coefficient (Wildman–Crippen LogP) is 5.08. The van der Waals surface area contributed by atoms with Crippen LogP contribution in [0.25, 0.3) is 0 Å². The Hall–Kier alpha value is -1.49. The quantitative estimate of drug-likeness (QED) is 0.549. The lowest BCUT2D eigenvalue weighted by molar-refractivity contribution is 0.304. The van der Waals surface area contributed by atoms with Gasteiger partial charge in [0, 0.05) is 0 Å². The van der Waals surface area contributed by atoms with E-state index in [0.29, 0.717) is 5.56 Å². The smallest absolute Gasteiger partial charge is 0.120 e. The van der Waals surface area contributed by atoms with Crippen molar-refractivity contribution in [2.45, 2.75) is 58.3 Å². The van der Waals surface area contributed by atoms with Crippen LogP contribution in [0.15, 0.2) is 24.3 Å². The molecule has 0 fully saturated rings. The molecule has 1 aromatic rings. The molecule has 0 saturated heterocycles. The fraction of sp³-hybridized carbons (Fsp3) is 0.588. The van der Waals surface area contributed by atoms with Crippen molar-refractivity contribution in [2.75, 3.05) is 6.61 Å². The number of hydrogen-bond acceptors (Lipinski definition) is 2. The molecule has 0 amide bonds. The molecule has 0 radical (unpaired) electrons. The maximum atomic E-state index is 8.79. The first-order valence-corrected chi connectivity index (χ1v) is 7.49. The number of hydrogen-bond donors (Lipinski definition) is 0. The van der Waals surface area contributed by atoms with Crippen LogP contribution in [-0.4, -0.2) is 6.61 Å². The van der Waals surface area contributed by atoms with Crippen molar-refractivity contribution in [3.05, 3.63) is 29.8 Å². The highest BCUT2D eigenvalue weighted by molar-refractivity contribution is 5.36. The Kier molecular flexibility index (Phi) is 8.55. The van der Waals surface area contributed by atoms with Gasteiger partial charge in [0.1, 0.15) is 5.75 Å². The number of nitrogens with zero attached hydrogens (tertiary/aromatic N) is 1. The van der Waals surface area contributed by atoms with Crippen LogP contribution >= 0.6 is 0 Å². The lowest BCUT2D eigenvalue weighted by Gasteiger charge is -2.06. The number of nitriles is 1. The number of ether oxygens (including phenoxy) is 1. The predicted molar refractivity (Wildman–Crippen MR) is 79.3 cm³/mol. The summed E-state index contributed by atoms with van der Waals surface area (Å²) in [5.41, 5.74) is 0.661. The number of benzene rings is 1. The van der Waals surface area contributed by atoms with Crippen LogP contribution < -0.4 is 4.74 Å². The summed E-state index contributed by atoms with van der Waals surface area (Å²) in [7, 11) is 0. The van der Waals surface area contributed by atoms with Crippen LogP contribution in [0, 0.1) is 11.3 Å². The normalized spacial score (nSPS) is 10.1. The highest BCUT2D eigenvalue weighted by Crippen LogP contribution is 2.14. The van der Waals surface area contributed by atoms with E-state index in [9.17, 15) is 0 Å². The first-order chi connectivity index (χ1) is 9.36. The second kappa shape index (κ2) is 10.4. The van der Waals surface area contributed by atoms with Crippen LogP contribution in [0.3, 0.4) is 0 Å². The van der Waals surface area contributed by atoms with Gasteiger partial charge in [0.05, 0.1) is 18.2 Å². The van der Waals surface area contributed by atoms with Crippen molar-refractivity contribution in [3.8, 4) is 11.8 Å². The van der Waals surface area contributed by atoms with E-state index < -0.39 is 0 Å². The summed E-state index contributed by atoms with van der Waals surface area (Å²) in [5.74, 6) is 0.807. The highest BCUT2D eigenvalue weighted by Gasteiger charge is 1.96. The van der Waals surface area contributed by atoms with E-state index in [-0.39, 0.29) is 0 Å². The van der Waals surface area contributed by atoms with Gasteiger partial charge in [-0.1, -0.05) is 57.9 Å². The zero-order valence-corrected chi connectivity index (χ0v) is 12.0. The Morgan fingerprint density at radius 3 is 2.37 bits per heavy atom. The molecule has 2 heteroatoms. The molecule has 0 aliphatic carbocycles. The molecule has 0 spiro atoms. The monoisotopic (exact) mass is 259 g/mol. The topological polar surface area (TPSA) is 33.0 Å². The third-order valence-electron chi connectivity index (χ3n) is 3.23. The number of unbranched alkanes of at least 4 members (excludes halogenated alkanes) is 7. The molecule has 0 heterocycles. The van der Waals surface area contributed by atoms with E-state index >= 15 is 0 Å². The van der Waals surface area contributed by atoms with Gasteiger partial charge in [0.25, 0.3) is 0 Å². The molecular formula is C17H25NO. The van der Waals surface area contributed by atoms with Gasteiger partial charge in [0.2, 0.25) is 0 Å². The largest absolute Gasteiger partial charge is 0.494 e. The third-order valence-corrected chi connectivity index (χ3v) is 3.23. The first kappa shape index (κ1) is 15.6. The summed E-state index contributed by atoms with van der Waals surface area (Å²) in [5, 5.41) is 8.79. The molecule has 0 aliphatic heterocycles. The van der Waals surface area contributed by atoms with E-state index in [1.165, 1.54) is 44.9 Å². The second-order valence-corrected chi connectivity index (χ2v) is 4.96. The van der Waals surface area contributed by atoms with Crippen LogP contribution in [0.2, 0.25) is 0 Å². The molecule has 2 nitrogen and oxygen atoms in total. The molecule has 1 aromatic carbocycles. The van der Waals surface area contributed by atoms with Gasteiger partial charge in [-0.2, -0.15) is 5.26 Å². The molecule has 0 unspecified atom stereocenters. The van der Waals surface area contributed by atoms with Crippen LogP contribution in [0.4, 0.5) is 0 Å². The molecular weight excluding hydrogens is 234 g/mol. The maximum Gasteiger partial charge on any atom is 0.120 e. The molecule has 0 saturated carbocycles. The molecule has 0 N–H and O–H groups in total. The molecule has 0 bridgehead atoms. The van der Waals surface area contributed by atoms with Crippen molar-refractivity contribution in [1.29, 1.82) is 5.26 Å². The van der Waals surface area contributed by atoms with E-state index in [1.54, 1.807) is 12.1 Å². The summed E-state index contributed by atoms with van der Waals surface area (Å²) >= 11 is 0. The lowest BCUT2D eigenvalue weighted by Crippen LogP contribution is -1.97. The zero-order chi connectivity index (χ0) is 13.8. The van der Waals surface area contributed by atoms with Gasteiger partial charge in [-0.25, -0.2) is 0 Å². The van der Waals surface area contributed by atoms with Gasteiger partial charge < -0.3 is 4.74 Å². The summed E-state index contributed by atoms with van der Waals surface area (Å²) < 4.78 is 5.64. The van der Waals surface area contributed by atoms with Gasteiger partial charge >= 0.3 is 0 Å². The Bertz CT molecular complexity index is 381. The lowest BCUT2D eigenvalue weighted by atomic mass is 10.1. The zero-order valence-electron chi connectivity index (χ0n) is 12.0. The maximum absolute atomic E-state index is 8.79. The summed E-state index contributed by atoms with van der Waals surface area (Å²) in [6.07, 6.45) is 10.4. The fourth-order valence-corrected chi connectivity index (χ4v) is 2.08. The highest BCUT2D eigenvalue weighted by atomic mass is 16.5. The molecule has 19 heavy (non-hydrogen) atoms. The van der Waals surface area contributed by atoms with E-state index in [2.05, 4.69) is 13.0 Å². The summed E-state index contributed by atoms with van der Waals surface area (Å²) in [6, 6.07) is 9.48. The molecule has 0 aliphatic rings. The average molecular weight is 259 g/mol. The minimum Gasteiger partial charge on any atom is -0.494 e. The fourth-order valence-electron chi connectivity index (χ4n) is 2.08. The van der Waals surface area contributed by atoms with Gasteiger partial charge in [0.15, 0.2) is 0 Å². The van der Waals surface area contributed by atoms with Crippen LogP contribution in [0.5, 0.6) is 5.75 Å². The Balaban J connectivity index is 2.00. The van der Waals surface area contributed by atoms with Crippen molar-refractivity contribution < 1.29 is 4.74 Å². The van der Waals surface area contributed by atoms with Crippen molar-refractivity contribution in [1.82, 2.24) is 0 Å². The second-order valence-electron chi connectivity index (χ2n) is 4.96. The number of rotatable bonds is 10. The van der Waals surface area contributed by atoms with Gasteiger partial charge in [-0.15, -0.1) is 0 Å². The summed E-state index contributed by atoms with van der Waals surface area (Å²) in [6.45, 7) is 3.00. The van der Waals surface area contributed by atoms with Gasteiger partial charge in [-0.3, -0.25) is 0 Å². The standard InChI is InChI=1S/C17H25NO/c1-2-3-4-5-6-7-8-9-13-19-17-12-10-11-16(14-17)15-18/h10-12,14H,2-9,13H2,1H3. The Morgan fingerprint density at radius 1 is 1.00 bits per heavy atom. The van der Waals surface area contributed by atoms with Gasteiger partial charge in [-0.05, 0) is 24.6 Å². The average Bonchev–Trinajstić information content (AvgIpc) is 2.46. The SMILES string of the molecule is CCCCCCCCCCOc1cccc(C#N)c1. The summed E-state index contributed by atoms with van der Waals surface area (Å²) in [4.78, 5) is 0. The molecule has 104 valence electrons. The third kappa shape index (κ3) is 7.51. The minimum atomic E-state index is 0.661. The van der Waals surface area contributed by atoms with Crippen LogP contribution in [0.1, 0.15) is 63.9 Å². The van der Waals surface area contributed by atoms with Crippen LogP contribution in [-0.2, 0) is 0 Å². The first-order valence-electron chi connectivity index (χ1n) is 7.49. The van der Waals surface area contributed by atoms with E-state index in [1.807, 2.05) is 12.1 Å². The molecule has 0 atom stereocenters. The van der Waals surface area contributed by atoms with Crippen molar-refractivity contribution >= 4 is 0 Å². The van der Waals surface area contributed by atoms with E-state index in [0.717, 1.165) is 18.8 Å². The van der Waals surface area contributed by atoms with E-state index in [4.69, 9.17) is 10.00 Å². The Labute approximate surface area is 117 Å². The van der Waals surface area contributed by atoms with Crippen molar-refractivity contribution in [2.24, 2.45) is 0 Å². The minimum absolute atomic E-state index is 0.661. The Morgan fingerprint density at radius 2 is 1.68 bits per heavy atom. The molecule has 1 rings (SSSR count). The van der Waals surface area contributed by atoms with Crippen molar-refractivity contribution in [3.63, 3.8) is 0 Å².